The second kappa shape index (κ2) is 5.54. The minimum Gasteiger partial charge on any atom is -0.508 e. The van der Waals surface area contributed by atoms with Gasteiger partial charge in [0.1, 0.15) is 5.75 Å². The summed E-state index contributed by atoms with van der Waals surface area (Å²) >= 11 is 4.75. The number of amides is 1. The molecule has 2 rings (SSSR count). The summed E-state index contributed by atoms with van der Waals surface area (Å²) < 4.78 is 0.929. The zero-order valence-electron chi connectivity index (χ0n) is 9.76. The topological polar surface area (TPSA) is 40.5 Å². The highest BCUT2D eigenvalue weighted by atomic mass is 79.9. The number of hydrogen-bond acceptors (Lipinski definition) is 3. The molecule has 1 aromatic carbocycles. The van der Waals surface area contributed by atoms with Crippen LogP contribution in [-0.4, -0.2) is 17.6 Å². The lowest BCUT2D eigenvalue weighted by Crippen LogP contribution is -2.29. The van der Waals surface area contributed by atoms with Crippen molar-refractivity contribution in [2.24, 2.45) is 0 Å². The zero-order chi connectivity index (χ0) is 13.1. The van der Waals surface area contributed by atoms with Crippen molar-refractivity contribution in [2.75, 3.05) is 11.4 Å². The number of carbonyl (C=O) groups excluding carboxylic acids is 1. The van der Waals surface area contributed by atoms with E-state index in [0.29, 0.717) is 17.1 Å². The lowest BCUT2D eigenvalue weighted by Gasteiger charge is -2.20. The molecule has 0 radical (unpaired) electrons. The number of phenols is 1. The molecule has 2 aromatic rings. The van der Waals surface area contributed by atoms with E-state index < -0.39 is 0 Å². The van der Waals surface area contributed by atoms with E-state index in [-0.39, 0.29) is 11.7 Å². The molecule has 0 spiro atoms. The van der Waals surface area contributed by atoms with Gasteiger partial charge in [-0.1, -0.05) is 6.07 Å². The van der Waals surface area contributed by atoms with E-state index in [0.717, 1.165) is 3.79 Å². The van der Waals surface area contributed by atoms with E-state index in [4.69, 9.17) is 0 Å². The quantitative estimate of drug-likeness (QED) is 0.930. The van der Waals surface area contributed by atoms with Crippen LogP contribution in [0, 0.1) is 0 Å². The van der Waals surface area contributed by atoms with Crippen molar-refractivity contribution in [1.82, 2.24) is 0 Å². The van der Waals surface area contributed by atoms with Gasteiger partial charge in [0.05, 0.1) is 8.66 Å². The summed E-state index contributed by atoms with van der Waals surface area (Å²) in [7, 11) is 0. The molecule has 0 atom stereocenters. The standard InChI is InChI=1S/C13H12BrNO2S/c1-2-15(9-4-3-5-10(16)8-9)13(17)11-6-7-12(14)18-11/h3-8,16H,2H2,1H3. The highest BCUT2D eigenvalue weighted by Crippen LogP contribution is 2.26. The molecular formula is C13H12BrNO2S. The summed E-state index contributed by atoms with van der Waals surface area (Å²) in [6.07, 6.45) is 0. The highest BCUT2D eigenvalue weighted by molar-refractivity contribution is 9.11. The van der Waals surface area contributed by atoms with Gasteiger partial charge in [-0.25, -0.2) is 0 Å². The Hall–Kier alpha value is -1.33. The Morgan fingerprint density at radius 2 is 2.17 bits per heavy atom. The molecule has 0 aliphatic rings. The van der Waals surface area contributed by atoms with E-state index >= 15 is 0 Å². The second-order valence-corrected chi connectivity index (χ2v) is 6.14. The van der Waals surface area contributed by atoms with Crippen LogP contribution in [-0.2, 0) is 0 Å². The van der Waals surface area contributed by atoms with Gasteiger partial charge in [-0.15, -0.1) is 11.3 Å². The van der Waals surface area contributed by atoms with Crippen LogP contribution in [0.3, 0.4) is 0 Å². The Labute approximate surface area is 118 Å². The fourth-order valence-corrected chi connectivity index (χ4v) is 3.00. The molecule has 0 unspecified atom stereocenters. The molecule has 3 nitrogen and oxygen atoms in total. The first-order chi connectivity index (χ1) is 8.61. The van der Waals surface area contributed by atoms with E-state index in [9.17, 15) is 9.90 Å². The number of phenolic OH excluding ortho intramolecular Hbond substituents is 1. The number of aromatic hydroxyl groups is 1. The smallest absolute Gasteiger partial charge is 0.268 e. The third-order valence-corrected chi connectivity index (χ3v) is 4.10. The second-order valence-electron chi connectivity index (χ2n) is 3.67. The fourth-order valence-electron chi connectivity index (χ4n) is 1.67. The number of rotatable bonds is 3. The summed E-state index contributed by atoms with van der Waals surface area (Å²) in [6, 6.07) is 10.4. The predicted molar refractivity (Wildman–Crippen MR) is 77.5 cm³/mol. The van der Waals surface area contributed by atoms with E-state index in [1.165, 1.54) is 11.3 Å². The zero-order valence-corrected chi connectivity index (χ0v) is 12.2. The van der Waals surface area contributed by atoms with Crippen LogP contribution in [0.4, 0.5) is 5.69 Å². The van der Waals surface area contributed by atoms with Crippen LogP contribution in [0.5, 0.6) is 5.75 Å². The van der Waals surface area contributed by atoms with Gasteiger partial charge in [0, 0.05) is 18.3 Å². The monoisotopic (exact) mass is 325 g/mol. The number of halogens is 1. The average molecular weight is 326 g/mol. The van der Waals surface area contributed by atoms with Crippen molar-refractivity contribution in [3.63, 3.8) is 0 Å². The minimum absolute atomic E-state index is 0.0567. The number of hydrogen-bond donors (Lipinski definition) is 1. The number of anilines is 1. The first kappa shape index (κ1) is 13.1. The van der Waals surface area contributed by atoms with Crippen molar-refractivity contribution >= 4 is 38.9 Å². The molecule has 0 saturated heterocycles. The molecule has 0 aliphatic carbocycles. The molecule has 0 fully saturated rings. The lowest BCUT2D eigenvalue weighted by atomic mass is 10.2. The normalized spacial score (nSPS) is 10.3. The third kappa shape index (κ3) is 2.73. The summed E-state index contributed by atoms with van der Waals surface area (Å²) in [6.45, 7) is 2.46. The fraction of sp³-hybridized carbons (Fsp3) is 0.154. The first-order valence-electron chi connectivity index (χ1n) is 5.48. The van der Waals surface area contributed by atoms with Crippen molar-refractivity contribution in [3.05, 3.63) is 45.1 Å². The molecule has 0 bridgehead atoms. The van der Waals surface area contributed by atoms with Crippen LogP contribution in [0.1, 0.15) is 16.6 Å². The Morgan fingerprint density at radius 3 is 2.72 bits per heavy atom. The van der Waals surface area contributed by atoms with E-state index in [1.54, 1.807) is 29.2 Å². The summed E-state index contributed by atoms with van der Waals surface area (Å²) in [5.74, 6) is 0.102. The molecule has 0 saturated carbocycles. The van der Waals surface area contributed by atoms with E-state index in [2.05, 4.69) is 15.9 Å². The summed E-state index contributed by atoms with van der Waals surface area (Å²) in [5.41, 5.74) is 0.701. The number of nitrogens with zero attached hydrogens (tertiary/aromatic N) is 1. The summed E-state index contributed by atoms with van der Waals surface area (Å²) in [4.78, 5) is 14.6. The predicted octanol–water partition coefficient (Wildman–Crippen LogP) is 3.88. The largest absolute Gasteiger partial charge is 0.508 e. The molecule has 94 valence electrons. The number of thiophene rings is 1. The molecule has 5 heteroatoms. The number of carbonyl (C=O) groups is 1. The van der Waals surface area contributed by atoms with Crippen LogP contribution in [0.25, 0.3) is 0 Å². The van der Waals surface area contributed by atoms with Gasteiger partial charge in [-0.05, 0) is 47.1 Å². The van der Waals surface area contributed by atoms with Crippen molar-refractivity contribution < 1.29 is 9.90 Å². The molecular weight excluding hydrogens is 314 g/mol. The summed E-state index contributed by atoms with van der Waals surface area (Å²) in [5, 5.41) is 9.47. The average Bonchev–Trinajstić information content (AvgIpc) is 2.77. The van der Waals surface area contributed by atoms with Gasteiger partial charge in [0.15, 0.2) is 0 Å². The Balaban J connectivity index is 2.31. The Morgan fingerprint density at radius 1 is 1.39 bits per heavy atom. The van der Waals surface area contributed by atoms with Crippen molar-refractivity contribution in [3.8, 4) is 5.75 Å². The molecule has 1 aromatic heterocycles. The van der Waals surface area contributed by atoms with Crippen molar-refractivity contribution in [2.45, 2.75) is 6.92 Å². The minimum atomic E-state index is -0.0567. The maximum Gasteiger partial charge on any atom is 0.268 e. The highest BCUT2D eigenvalue weighted by Gasteiger charge is 2.17. The molecule has 1 amide bonds. The lowest BCUT2D eigenvalue weighted by molar-refractivity contribution is 0.0992. The van der Waals surface area contributed by atoms with Gasteiger partial charge in [0.2, 0.25) is 0 Å². The molecule has 1 heterocycles. The van der Waals surface area contributed by atoms with Crippen LogP contribution < -0.4 is 4.90 Å². The first-order valence-corrected chi connectivity index (χ1v) is 7.09. The van der Waals surface area contributed by atoms with Gasteiger partial charge >= 0.3 is 0 Å². The maximum absolute atomic E-state index is 12.3. The van der Waals surface area contributed by atoms with Gasteiger partial charge in [-0.3, -0.25) is 4.79 Å². The maximum atomic E-state index is 12.3. The third-order valence-electron chi connectivity index (χ3n) is 2.49. The number of benzene rings is 1. The molecule has 0 aliphatic heterocycles. The molecule has 18 heavy (non-hydrogen) atoms. The Bertz CT molecular complexity index is 568. The Kier molecular flexibility index (Phi) is 4.04. The van der Waals surface area contributed by atoms with Crippen LogP contribution in [0.15, 0.2) is 40.2 Å². The van der Waals surface area contributed by atoms with Crippen molar-refractivity contribution in [1.29, 1.82) is 0 Å². The van der Waals surface area contributed by atoms with Gasteiger partial charge < -0.3 is 10.0 Å². The van der Waals surface area contributed by atoms with Crippen LogP contribution in [0.2, 0.25) is 0 Å². The van der Waals surface area contributed by atoms with Gasteiger partial charge in [0.25, 0.3) is 5.91 Å². The van der Waals surface area contributed by atoms with E-state index in [1.807, 2.05) is 19.1 Å². The SMILES string of the molecule is CCN(C(=O)c1ccc(Br)s1)c1cccc(O)c1. The van der Waals surface area contributed by atoms with Gasteiger partial charge in [-0.2, -0.15) is 0 Å². The van der Waals surface area contributed by atoms with Crippen LogP contribution >= 0.6 is 27.3 Å². The molecule has 1 N–H and O–H groups in total.